The van der Waals surface area contributed by atoms with Crippen LogP contribution in [0.5, 0.6) is 0 Å². The van der Waals surface area contributed by atoms with Crippen LogP contribution in [0, 0.1) is 19.8 Å². The third-order valence-corrected chi connectivity index (χ3v) is 5.30. The SMILES string of the molecule is Cc1cc(C(C)N2CCC(CNC(C)(C)C)C2)c(C)s1. The van der Waals surface area contributed by atoms with Crippen molar-refractivity contribution in [2.24, 2.45) is 5.92 Å². The predicted molar refractivity (Wildman–Crippen MR) is 89.6 cm³/mol. The Balaban J connectivity index is 1.90. The zero-order valence-electron chi connectivity index (χ0n) is 13.9. The average molecular weight is 295 g/mol. The molecule has 1 aromatic rings. The highest BCUT2D eigenvalue weighted by molar-refractivity contribution is 7.12. The molecule has 1 aliphatic rings. The minimum Gasteiger partial charge on any atom is -0.312 e. The van der Waals surface area contributed by atoms with E-state index in [9.17, 15) is 0 Å². The lowest BCUT2D eigenvalue weighted by Gasteiger charge is -2.26. The lowest BCUT2D eigenvalue weighted by molar-refractivity contribution is 0.248. The molecule has 3 heteroatoms. The Kier molecular flexibility index (Phi) is 4.93. The third kappa shape index (κ3) is 4.06. The van der Waals surface area contributed by atoms with E-state index in [0.29, 0.717) is 6.04 Å². The van der Waals surface area contributed by atoms with E-state index in [4.69, 9.17) is 0 Å². The number of hydrogen-bond acceptors (Lipinski definition) is 3. The zero-order chi connectivity index (χ0) is 14.9. The fourth-order valence-corrected chi connectivity index (χ4v) is 4.11. The topological polar surface area (TPSA) is 15.3 Å². The van der Waals surface area contributed by atoms with Gasteiger partial charge < -0.3 is 5.32 Å². The Morgan fingerprint density at radius 1 is 1.40 bits per heavy atom. The Hall–Kier alpha value is -0.380. The molecule has 2 rings (SSSR count). The number of nitrogens with zero attached hydrogens (tertiary/aromatic N) is 1. The summed E-state index contributed by atoms with van der Waals surface area (Å²) in [4.78, 5) is 5.59. The Morgan fingerprint density at radius 2 is 2.10 bits per heavy atom. The van der Waals surface area contributed by atoms with E-state index < -0.39 is 0 Å². The van der Waals surface area contributed by atoms with E-state index in [0.717, 1.165) is 12.5 Å². The molecule has 2 unspecified atom stereocenters. The van der Waals surface area contributed by atoms with Crippen molar-refractivity contribution in [3.05, 3.63) is 21.4 Å². The van der Waals surface area contributed by atoms with Crippen LogP contribution in [0.15, 0.2) is 6.07 Å². The minimum absolute atomic E-state index is 0.236. The van der Waals surface area contributed by atoms with Crippen molar-refractivity contribution in [2.45, 2.75) is 59.5 Å². The van der Waals surface area contributed by atoms with Crippen molar-refractivity contribution in [1.82, 2.24) is 10.2 Å². The quantitative estimate of drug-likeness (QED) is 0.898. The molecule has 0 bridgehead atoms. The molecule has 2 atom stereocenters. The number of nitrogens with one attached hydrogen (secondary N) is 1. The molecule has 0 radical (unpaired) electrons. The van der Waals surface area contributed by atoms with Gasteiger partial charge in [-0.1, -0.05) is 0 Å². The first-order valence-corrected chi connectivity index (χ1v) is 8.64. The number of hydrogen-bond donors (Lipinski definition) is 1. The molecule has 1 N–H and O–H groups in total. The molecule has 0 spiro atoms. The summed E-state index contributed by atoms with van der Waals surface area (Å²) in [5.41, 5.74) is 1.78. The number of aryl methyl sites for hydroxylation is 2. The first kappa shape index (κ1) is 16.0. The molecule has 114 valence electrons. The Morgan fingerprint density at radius 3 is 2.65 bits per heavy atom. The Bertz CT molecular complexity index is 444. The van der Waals surface area contributed by atoms with E-state index in [1.54, 1.807) is 0 Å². The first-order chi connectivity index (χ1) is 9.26. The first-order valence-electron chi connectivity index (χ1n) is 7.82. The molecule has 0 amide bonds. The van der Waals surface area contributed by atoms with Gasteiger partial charge in [-0.05, 0) is 78.6 Å². The van der Waals surface area contributed by atoms with Crippen molar-refractivity contribution < 1.29 is 0 Å². The normalized spacial score (nSPS) is 22.4. The summed E-state index contributed by atoms with van der Waals surface area (Å²) in [6.07, 6.45) is 1.33. The van der Waals surface area contributed by atoms with Crippen LogP contribution in [-0.2, 0) is 0 Å². The molecular weight excluding hydrogens is 264 g/mol. The van der Waals surface area contributed by atoms with Gasteiger partial charge in [0.05, 0.1) is 0 Å². The summed E-state index contributed by atoms with van der Waals surface area (Å²) in [5, 5.41) is 3.65. The van der Waals surface area contributed by atoms with Crippen LogP contribution in [-0.4, -0.2) is 30.1 Å². The van der Waals surface area contributed by atoms with Gasteiger partial charge in [0.15, 0.2) is 0 Å². The van der Waals surface area contributed by atoms with Crippen molar-refractivity contribution in [3.8, 4) is 0 Å². The smallest absolute Gasteiger partial charge is 0.0331 e. The lowest BCUT2D eigenvalue weighted by atomic mass is 10.0. The second kappa shape index (κ2) is 6.17. The fourth-order valence-electron chi connectivity index (χ4n) is 3.09. The van der Waals surface area contributed by atoms with E-state index >= 15 is 0 Å². The highest BCUT2D eigenvalue weighted by atomic mass is 32.1. The molecule has 1 aliphatic heterocycles. The van der Waals surface area contributed by atoms with Gasteiger partial charge in [0.25, 0.3) is 0 Å². The van der Waals surface area contributed by atoms with E-state index in [1.807, 2.05) is 11.3 Å². The summed E-state index contributed by atoms with van der Waals surface area (Å²) < 4.78 is 0. The highest BCUT2D eigenvalue weighted by Crippen LogP contribution is 2.32. The largest absolute Gasteiger partial charge is 0.312 e. The van der Waals surface area contributed by atoms with Crippen LogP contribution >= 0.6 is 11.3 Å². The van der Waals surface area contributed by atoms with Crippen LogP contribution in [0.25, 0.3) is 0 Å². The van der Waals surface area contributed by atoms with Crippen molar-refractivity contribution >= 4 is 11.3 Å². The molecule has 0 aliphatic carbocycles. The standard InChI is InChI=1S/C17H30N2S/c1-12-9-16(14(3)20-12)13(2)19-8-7-15(11-19)10-18-17(4,5)6/h9,13,15,18H,7-8,10-11H2,1-6H3. The summed E-state index contributed by atoms with van der Waals surface area (Å²) in [6.45, 7) is 17.2. The fraction of sp³-hybridized carbons (Fsp3) is 0.765. The second-order valence-electron chi connectivity index (χ2n) is 7.33. The lowest BCUT2D eigenvalue weighted by Crippen LogP contribution is -2.39. The minimum atomic E-state index is 0.236. The number of rotatable bonds is 4. The summed E-state index contributed by atoms with van der Waals surface area (Å²) in [6, 6.07) is 2.95. The molecule has 2 nitrogen and oxygen atoms in total. The monoisotopic (exact) mass is 294 g/mol. The molecular formula is C17H30N2S. The van der Waals surface area contributed by atoms with Gasteiger partial charge in [-0.2, -0.15) is 0 Å². The maximum atomic E-state index is 3.65. The van der Waals surface area contributed by atoms with Gasteiger partial charge in [0.1, 0.15) is 0 Å². The average Bonchev–Trinajstić information content (AvgIpc) is 2.91. The molecule has 0 saturated carbocycles. The van der Waals surface area contributed by atoms with Crippen molar-refractivity contribution in [2.75, 3.05) is 19.6 Å². The highest BCUT2D eigenvalue weighted by Gasteiger charge is 2.28. The van der Waals surface area contributed by atoms with Gasteiger partial charge in [-0.25, -0.2) is 0 Å². The molecule has 1 fully saturated rings. The van der Waals surface area contributed by atoms with E-state index in [-0.39, 0.29) is 5.54 Å². The van der Waals surface area contributed by atoms with Crippen LogP contribution in [0.1, 0.15) is 55.5 Å². The van der Waals surface area contributed by atoms with Crippen LogP contribution in [0.3, 0.4) is 0 Å². The maximum absolute atomic E-state index is 3.65. The van der Waals surface area contributed by atoms with Crippen LogP contribution in [0.2, 0.25) is 0 Å². The van der Waals surface area contributed by atoms with Crippen molar-refractivity contribution in [3.63, 3.8) is 0 Å². The molecule has 0 aromatic carbocycles. The molecule has 2 heterocycles. The van der Waals surface area contributed by atoms with Gasteiger partial charge in [-0.3, -0.25) is 4.90 Å². The van der Waals surface area contributed by atoms with Gasteiger partial charge in [-0.15, -0.1) is 11.3 Å². The number of likely N-dealkylation sites (tertiary alicyclic amines) is 1. The van der Waals surface area contributed by atoms with Crippen LogP contribution < -0.4 is 5.32 Å². The van der Waals surface area contributed by atoms with Gasteiger partial charge in [0.2, 0.25) is 0 Å². The summed E-state index contributed by atoms with van der Waals surface area (Å²) in [5.74, 6) is 0.803. The van der Waals surface area contributed by atoms with Gasteiger partial charge >= 0.3 is 0 Å². The van der Waals surface area contributed by atoms with Crippen molar-refractivity contribution in [1.29, 1.82) is 0 Å². The van der Waals surface area contributed by atoms with E-state index in [1.165, 1.54) is 34.8 Å². The third-order valence-electron chi connectivity index (χ3n) is 4.32. The van der Waals surface area contributed by atoms with Gasteiger partial charge in [0, 0.05) is 27.9 Å². The van der Waals surface area contributed by atoms with E-state index in [2.05, 4.69) is 57.8 Å². The zero-order valence-corrected chi connectivity index (χ0v) is 14.7. The predicted octanol–water partition coefficient (Wildman–Crippen LogP) is 4.14. The molecule has 1 aromatic heterocycles. The molecule has 20 heavy (non-hydrogen) atoms. The summed E-state index contributed by atoms with van der Waals surface area (Å²) >= 11 is 1.93. The Labute approximate surface area is 128 Å². The number of thiophene rings is 1. The summed E-state index contributed by atoms with van der Waals surface area (Å²) in [7, 11) is 0. The van der Waals surface area contributed by atoms with Crippen LogP contribution in [0.4, 0.5) is 0 Å². The second-order valence-corrected chi connectivity index (χ2v) is 8.79. The maximum Gasteiger partial charge on any atom is 0.0331 e. The molecule has 1 saturated heterocycles.